The number of benzene rings is 1. The number of rotatable bonds is 8. The van der Waals surface area contributed by atoms with Crippen molar-refractivity contribution in [3.63, 3.8) is 0 Å². The number of ether oxygens (including phenoxy) is 1. The quantitative estimate of drug-likeness (QED) is 0.580. The Labute approximate surface area is 99.8 Å². The van der Waals surface area contributed by atoms with Crippen molar-refractivity contribution in [2.45, 2.75) is 46.0 Å². The monoisotopic (exact) mass is 219 g/mol. The molecule has 89 valence electrons. The molecule has 0 N–H and O–H groups in total. The highest BCUT2D eigenvalue weighted by atomic mass is 16.5. The highest BCUT2D eigenvalue weighted by Gasteiger charge is 1.99. The van der Waals surface area contributed by atoms with Crippen LogP contribution in [0.3, 0.4) is 0 Å². The van der Waals surface area contributed by atoms with E-state index < -0.39 is 0 Å². The molecule has 0 spiro atoms. The predicted molar refractivity (Wildman–Crippen MR) is 69.8 cm³/mol. The normalized spacial score (nSPS) is 10.4. The van der Waals surface area contributed by atoms with Gasteiger partial charge in [-0.05, 0) is 24.5 Å². The molecule has 0 atom stereocenters. The second-order valence-corrected chi connectivity index (χ2v) is 4.09. The molecule has 1 radical (unpaired) electrons. The fourth-order valence-corrected chi connectivity index (χ4v) is 1.74. The first-order valence-corrected chi connectivity index (χ1v) is 6.39. The zero-order valence-electron chi connectivity index (χ0n) is 10.5. The van der Waals surface area contributed by atoms with Gasteiger partial charge >= 0.3 is 0 Å². The van der Waals surface area contributed by atoms with Crippen LogP contribution in [0.2, 0.25) is 0 Å². The molecule has 0 amide bonds. The number of hydrogen-bond acceptors (Lipinski definition) is 1. The highest BCUT2D eigenvalue weighted by Crippen LogP contribution is 2.19. The van der Waals surface area contributed by atoms with Gasteiger partial charge < -0.3 is 4.74 Å². The van der Waals surface area contributed by atoms with Gasteiger partial charge in [-0.15, -0.1) is 0 Å². The number of hydrogen-bond donors (Lipinski definition) is 0. The Morgan fingerprint density at radius 1 is 1.06 bits per heavy atom. The zero-order chi connectivity index (χ0) is 11.6. The molecule has 1 heteroatoms. The van der Waals surface area contributed by atoms with E-state index in [1.54, 1.807) is 0 Å². The molecule has 0 aliphatic carbocycles. The van der Waals surface area contributed by atoms with Crippen LogP contribution in [0, 0.1) is 6.42 Å². The molecule has 1 aromatic carbocycles. The van der Waals surface area contributed by atoms with Gasteiger partial charge in [-0.25, -0.2) is 0 Å². The minimum Gasteiger partial charge on any atom is -0.493 e. The Kier molecular flexibility index (Phi) is 6.71. The Morgan fingerprint density at radius 3 is 2.56 bits per heavy atom. The predicted octanol–water partition coefficient (Wildman–Crippen LogP) is 4.61. The molecule has 0 heterocycles. The number of unbranched alkanes of at least 4 members (excludes halogenated alkanes) is 4. The van der Waals surface area contributed by atoms with E-state index in [0.29, 0.717) is 0 Å². The molecular weight excluding hydrogens is 196 g/mol. The summed E-state index contributed by atoms with van der Waals surface area (Å²) in [5.41, 5.74) is 1.19. The molecular formula is C15H23O. The summed E-state index contributed by atoms with van der Waals surface area (Å²) in [7, 11) is 0. The van der Waals surface area contributed by atoms with Crippen molar-refractivity contribution in [3.05, 3.63) is 36.2 Å². The minimum absolute atomic E-state index is 0.842. The summed E-state index contributed by atoms with van der Waals surface area (Å²) in [6.07, 6.45) is 8.52. The molecule has 16 heavy (non-hydrogen) atoms. The van der Waals surface area contributed by atoms with Crippen molar-refractivity contribution in [2.75, 3.05) is 6.61 Å². The molecule has 0 saturated heterocycles. The SMILES string of the molecule is C[CH]c1ccccc1OCCCCCCC. The second kappa shape index (κ2) is 8.20. The van der Waals surface area contributed by atoms with Crippen LogP contribution in [0.15, 0.2) is 24.3 Å². The van der Waals surface area contributed by atoms with Gasteiger partial charge in [-0.2, -0.15) is 0 Å². The average Bonchev–Trinajstić information content (AvgIpc) is 2.34. The van der Waals surface area contributed by atoms with Gasteiger partial charge in [0.05, 0.1) is 6.61 Å². The van der Waals surface area contributed by atoms with Gasteiger partial charge in [0, 0.05) is 0 Å². The molecule has 1 rings (SSSR count). The lowest BCUT2D eigenvalue weighted by molar-refractivity contribution is 0.303. The fourth-order valence-electron chi connectivity index (χ4n) is 1.74. The Balaban J connectivity index is 2.21. The van der Waals surface area contributed by atoms with E-state index in [2.05, 4.69) is 19.4 Å². The van der Waals surface area contributed by atoms with Crippen molar-refractivity contribution >= 4 is 0 Å². The van der Waals surface area contributed by atoms with Crippen LogP contribution in [0.1, 0.15) is 51.5 Å². The Hall–Kier alpha value is -0.980. The Morgan fingerprint density at radius 2 is 1.81 bits per heavy atom. The smallest absolute Gasteiger partial charge is 0.122 e. The van der Waals surface area contributed by atoms with Gasteiger partial charge in [-0.3, -0.25) is 0 Å². The second-order valence-electron chi connectivity index (χ2n) is 4.09. The van der Waals surface area contributed by atoms with Crippen LogP contribution in [0.5, 0.6) is 5.75 Å². The molecule has 0 bridgehead atoms. The first-order chi connectivity index (χ1) is 7.88. The van der Waals surface area contributed by atoms with E-state index in [9.17, 15) is 0 Å². The third-order valence-corrected chi connectivity index (χ3v) is 2.74. The van der Waals surface area contributed by atoms with E-state index in [1.165, 1.54) is 31.2 Å². The van der Waals surface area contributed by atoms with Crippen molar-refractivity contribution in [2.24, 2.45) is 0 Å². The van der Waals surface area contributed by atoms with E-state index in [4.69, 9.17) is 4.74 Å². The average molecular weight is 219 g/mol. The van der Waals surface area contributed by atoms with E-state index >= 15 is 0 Å². The van der Waals surface area contributed by atoms with Crippen molar-refractivity contribution in [1.82, 2.24) is 0 Å². The summed E-state index contributed by atoms with van der Waals surface area (Å²) in [5, 5.41) is 0. The van der Waals surface area contributed by atoms with Gasteiger partial charge in [0.2, 0.25) is 0 Å². The van der Waals surface area contributed by atoms with Crippen molar-refractivity contribution in [1.29, 1.82) is 0 Å². The van der Waals surface area contributed by atoms with Gasteiger partial charge in [0.15, 0.2) is 0 Å². The maximum absolute atomic E-state index is 5.78. The van der Waals surface area contributed by atoms with Gasteiger partial charge in [-0.1, -0.05) is 57.7 Å². The third kappa shape index (κ3) is 4.69. The standard InChI is InChI=1S/C15H23O/c1-3-5-6-7-10-13-16-15-12-9-8-11-14(15)4-2/h4,8-9,11-12H,3,5-7,10,13H2,1-2H3. The lowest BCUT2D eigenvalue weighted by Crippen LogP contribution is -1.99. The first-order valence-electron chi connectivity index (χ1n) is 6.39. The minimum atomic E-state index is 0.842. The van der Waals surface area contributed by atoms with E-state index in [0.717, 1.165) is 18.8 Å². The van der Waals surface area contributed by atoms with Crippen LogP contribution in [0.25, 0.3) is 0 Å². The van der Waals surface area contributed by atoms with E-state index in [1.807, 2.05) is 25.1 Å². The highest BCUT2D eigenvalue weighted by molar-refractivity contribution is 5.37. The summed E-state index contributed by atoms with van der Waals surface area (Å²) in [4.78, 5) is 0. The van der Waals surface area contributed by atoms with Crippen LogP contribution < -0.4 is 4.74 Å². The fraction of sp³-hybridized carbons (Fsp3) is 0.533. The topological polar surface area (TPSA) is 9.23 Å². The maximum Gasteiger partial charge on any atom is 0.122 e. The van der Waals surface area contributed by atoms with Crippen molar-refractivity contribution < 1.29 is 4.74 Å². The summed E-state index contributed by atoms with van der Waals surface area (Å²) in [6, 6.07) is 8.21. The summed E-state index contributed by atoms with van der Waals surface area (Å²) < 4.78 is 5.78. The summed E-state index contributed by atoms with van der Waals surface area (Å²) in [5.74, 6) is 1.01. The van der Waals surface area contributed by atoms with Crippen molar-refractivity contribution in [3.8, 4) is 5.75 Å². The third-order valence-electron chi connectivity index (χ3n) is 2.74. The van der Waals surface area contributed by atoms with Crippen LogP contribution in [-0.4, -0.2) is 6.61 Å². The summed E-state index contributed by atoms with van der Waals surface area (Å²) in [6.45, 7) is 5.13. The van der Waals surface area contributed by atoms with E-state index in [-0.39, 0.29) is 0 Å². The first kappa shape index (κ1) is 13.1. The molecule has 0 aliphatic rings. The van der Waals surface area contributed by atoms with Gasteiger partial charge in [0.1, 0.15) is 5.75 Å². The molecule has 0 unspecified atom stereocenters. The zero-order valence-corrected chi connectivity index (χ0v) is 10.5. The van der Waals surface area contributed by atoms with Gasteiger partial charge in [0.25, 0.3) is 0 Å². The van der Waals surface area contributed by atoms with Crippen LogP contribution in [0.4, 0.5) is 0 Å². The molecule has 0 aliphatic heterocycles. The molecule has 1 aromatic rings. The number of para-hydroxylation sites is 1. The molecule has 0 aromatic heterocycles. The molecule has 0 fully saturated rings. The molecule has 1 nitrogen and oxygen atoms in total. The lowest BCUT2D eigenvalue weighted by Gasteiger charge is -2.09. The largest absolute Gasteiger partial charge is 0.493 e. The molecule has 0 saturated carbocycles. The lowest BCUT2D eigenvalue weighted by atomic mass is 10.1. The van der Waals surface area contributed by atoms with Crippen LogP contribution in [-0.2, 0) is 0 Å². The maximum atomic E-state index is 5.78. The summed E-state index contributed by atoms with van der Waals surface area (Å²) >= 11 is 0. The van der Waals surface area contributed by atoms with Crippen LogP contribution >= 0.6 is 0 Å². The Bertz CT molecular complexity index is 281.